The smallest absolute Gasteiger partial charge is 0.252 e. The molecule has 0 aliphatic heterocycles. The first-order valence-corrected chi connectivity index (χ1v) is 9.43. The monoisotopic (exact) mass is 391 g/mol. The molecule has 0 heterocycles. The molecule has 1 atom stereocenters. The van der Waals surface area contributed by atoms with E-state index in [0.29, 0.717) is 10.6 Å². The van der Waals surface area contributed by atoms with Gasteiger partial charge in [-0.3, -0.25) is 4.79 Å². The van der Waals surface area contributed by atoms with Crippen molar-refractivity contribution in [2.45, 2.75) is 13.0 Å². The second-order valence-corrected chi connectivity index (χ2v) is 6.79. The zero-order valence-corrected chi connectivity index (χ0v) is 16.6. The number of benzene rings is 3. The number of carbonyl (C=O) groups is 1. The average Bonchev–Trinajstić information content (AvgIpc) is 2.73. The molecule has 3 aromatic carbocycles. The highest BCUT2D eigenvalue weighted by molar-refractivity contribution is 6.33. The van der Waals surface area contributed by atoms with Crippen molar-refractivity contribution >= 4 is 29.2 Å². The Kier molecular flexibility index (Phi) is 6.51. The lowest BCUT2D eigenvalue weighted by Crippen LogP contribution is -2.27. The fourth-order valence-electron chi connectivity index (χ4n) is 3.02. The molecule has 3 nitrogen and oxygen atoms in total. The third-order valence-corrected chi connectivity index (χ3v) is 4.83. The van der Waals surface area contributed by atoms with Gasteiger partial charge in [-0.2, -0.15) is 0 Å². The molecule has 0 spiro atoms. The summed E-state index contributed by atoms with van der Waals surface area (Å²) in [7, 11) is 1.63. The maximum absolute atomic E-state index is 13.2. The van der Waals surface area contributed by atoms with E-state index in [0.717, 1.165) is 22.4 Å². The normalized spacial score (nSPS) is 12.3. The van der Waals surface area contributed by atoms with Crippen LogP contribution in [0.2, 0.25) is 5.02 Å². The SMILES string of the molecule is COc1ccccc1C(C)NC(=O)/C(=C/c1ccccc1Cl)c1ccccc1. The molecule has 0 radical (unpaired) electrons. The van der Waals surface area contributed by atoms with E-state index in [1.807, 2.05) is 91.9 Å². The highest BCUT2D eigenvalue weighted by Crippen LogP contribution is 2.27. The van der Waals surface area contributed by atoms with Gasteiger partial charge in [0.2, 0.25) is 0 Å². The first-order valence-electron chi connectivity index (χ1n) is 9.05. The van der Waals surface area contributed by atoms with Crippen LogP contribution in [0.3, 0.4) is 0 Å². The number of ether oxygens (including phenoxy) is 1. The molecule has 0 fully saturated rings. The van der Waals surface area contributed by atoms with Crippen molar-refractivity contribution in [1.29, 1.82) is 0 Å². The molecule has 28 heavy (non-hydrogen) atoms. The second kappa shape index (κ2) is 9.25. The molecule has 1 unspecified atom stereocenters. The number of hydrogen-bond acceptors (Lipinski definition) is 2. The van der Waals surface area contributed by atoms with E-state index < -0.39 is 0 Å². The van der Waals surface area contributed by atoms with Crippen LogP contribution in [-0.4, -0.2) is 13.0 Å². The summed E-state index contributed by atoms with van der Waals surface area (Å²) in [6.45, 7) is 1.94. The summed E-state index contributed by atoms with van der Waals surface area (Å²) >= 11 is 6.31. The topological polar surface area (TPSA) is 38.3 Å². The van der Waals surface area contributed by atoms with Gasteiger partial charge in [-0.25, -0.2) is 0 Å². The minimum atomic E-state index is -0.220. The Morgan fingerprint density at radius 1 is 0.964 bits per heavy atom. The van der Waals surface area contributed by atoms with Gasteiger partial charge < -0.3 is 10.1 Å². The molecule has 0 bridgehead atoms. The Balaban J connectivity index is 1.94. The van der Waals surface area contributed by atoms with E-state index in [-0.39, 0.29) is 11.9 Å². The minimum Gasteiger partial charge on any atom is -0.496 e. The maximum Gasteiger partial charge on any atom is 0.252 e. The summed E-state index contributed by atoms with van der Waals surface area (Å²) in [4.78, 5) is 13.2. The number of rotatable bonds is 6. The van der Waals surface area contributed by atoms with Crippen LogP contribution in [-0.2, 0) is 4.79 Å². The molecule has 1 amide bonds. The van der Waals surface area contributed by atoms with Gasteiger partial charge in [-0.05, 0) is 36.3 Å². The van der Waals surface area contributed by atoms with Crippen molar-refractivity contribution < 1.29 is 9.53 Å². The lowest BCUT2D eigenvalue weighted by atomic mass is 10.0. The third kappa shape index (κ3) is 4.62. The van der Waals surface area contributed by atoms with E-state index >= 15 is 0 Å². The van der Waals surface area contributed by atoms with Crippen LogP contribution in [0.5, 0.6) is 5.75 Å². The van der Waals surface area contributed by atoms with E-state index in [2.05, 4.69) is 5.32 Å². The van der Waals surface area contributed by atoms with Crippen molar-refractivity contribution in [1.82, 2.24) is 5.32 Å². The summed E-state index contributed by atoms with van der Waals surface area (Å²) < 4.78 is 5.42. The lowest BCUT2D eigenvalue weighted by molar-refractivity contribution is -0.116. The Bertz CT molecular complexity index is 983. The minimum absolute atomic E-state index is 0.176. The largest absolute Gasteiger partial charge is 0.496 e. The molecular weight excluding hydrogens is 370 g/mol. The van der Waals surface area contributed by atoms with Crippen molar-refractivity contribution in [3.8, 4) is 5.75 Å². The van der Waals surface area contributed by atoms with E-state index in [4.69, 9.17) is 16.3 Å². The maximum atomic E-state index is 13.2. The third-order valence-electron chi connectivity index (χ3n) is 4.49. The zero-order chi connectivity index (χ0) is 19.9. The van der Waals surface area contributed by atoms with Crippen molar-refractivity contribution in [3.63, 3.8) is 0 Å². The van der Waals surface area contributed by atoms with Crippen LogP contribution < -0.4 is 10.1 Å². The number of halogens is 1. The first-order chi connectivity index (χ1) is 13.6. The quantitative estimate of drug-likeness (QED) is 0.428. The van der Waals surface area contributed by atoms with Gasteiger partial charge in [0.05, 0.1) is 13.2 Å². The highest BCUT2D eigenvalue weighted by Gasteiger charge is 2.18. The van der Waals surface area contributed by atoms with Crippen LogP contribution in [0.15, 0.2) is 78.9 Å². The van der Waals surface area contributed by atoms with Gasteiger partial charge in [0.15, 0.2) is 0 Å². The number of hydrogen-bond donors (Lipinski definition) is 1. The van der Waals surface area contributed by atoms with E-state index in [9.17, 15) is 4.79 Å². The predicted octanol–water partition coefficient (Wildman–Crippen LogP) is 5.77. The average molecular weight is 392 g/mol. The van der Waals surface area contributed by atoms with Gasteiger partial charge in [-0.15, -0.1) is 0 Å². The highest BCUT2D eigenvalue weighted by atomic mass is 35.5. The molecule has 0 saturated heterocycles. The number of para-hydroxylation sites is 1. The lowest BCUT2D eigenvalue weighted by Gasteiger charge is -2.18. The standard InChI is InChI=1S/C24H22ClNO2/c1-17(20-13-7-9-15-23(20)28-2)26-24(27)21(18-10-4-3-5-11-18)16-19-12-6-8-14-22(19)25/h3-17H,1-2H3,(H,26,27)/b21-16+. The van der Waals surface area contributed by atoms with Crippen molar-refractivity contribution in [3.05, 3.63) is 101 Å². The Hall–Kier alpha value is -3.04. The second-order valence-electron chi connectivity index (χ2n) is 6.38. The molecule has 3 rings (SSSR count). The van der Waals surface area contributed by atoms with Crippen LogP contribution >= 0.6 is 11.6 Å². The molecule has 4 heteroatoms. The van der Waals surface area contributed by atoms with Crippen LogP contribution in [0, 0.1) is 0 Å². The zero-order valence-electron chi connectivity index (χ0n) is 15.9. The summed E-state index contributed by atoms with van der Waals surface area (Å²) in [5, 5.41) is 3.68. The molecule has 3 aromatic rings. The number of amides is 1. The van der Waals surface area contributed by atoms with E-state index in [1.54, 1.807) is 7.11 Å². The molecule has 0 saturated carbocycles. The number of nitrogens with one attached hydrogen (secondary N) is 1. The number of carbonyl (C=O) groups excluding carboxylic acids is 1. The van der Waals surface area contributed by atoms with Gasteiger partial charge in [0, 0.05) is 16.2 Å². The Morgan fingerprint density at radius 2 is 1.61 bits per heavy atom. The molecule has 0 aliphatic carbocycles. The summed E-state index contributed by atoms with van der Waals surface area (Å²) in [6, 6.07) is 24.5. The van der Waals surface area contributed by atoms with Gasteiger partial charge >= 0.3 is 0 Å². The molecular formula is C24H22ClNO2. The molecule has 1 N–H and O–H groups in total. The summed E-state index contributed by atoms with van der Waals surface area (Å²) in [6.07, 6.45) is 1.82. The van der Waals surface area contributed by atoms with Crippen molar-refractivity contribution in [2.24, 2.45) is 0 Å². The first kappa shape index (κ1) is 19.7. The fourth-order valence-corrected chi connectivity index (χ4v) is 3.21. The van der Waals surface area contributed by atoms with Gasteiger partial charge in [0.1, 0.15) is 5.75 Å². The molecule has 0 aromatic heterocycles. The van der Waals surface area contributed by atoms with Crippen LogP contribution in [0.4, 0.5) is 0 Å². The number of methoxy groups -OCH3 is 1. The summed E-state index contributed by atoms with van der Waals surface area (Å²) in [5.74, 6) is 0.566. The Labute approximate surface area is 170 Å². The van der Waals surface area contributed by atoms with Crippen LogP contribution in [0.25, 0.3) is 11.6 Å². The predicted molar refractivity (Wildman–Crippen MR) is 115 cm³/mol. The van der Waals surface area contributed by atoms with Gasteiger partial charge in [0.25, 0.3) is 5.91 Å². The fraction of sp³-hybridized carbons (Fsp3) is 0.125. The molecule has 142 valence electrons. The summed E-state index contributed by atoms with van der Waals surface area (Å²) in [5.41, 5.74) is 3.09. The van der Waals surface area contributed by atoms with Crippen LogP contribution in [0.1, 0.15) is 29.7 Å². The van der Waals surface area contributed by atoms with Gasteiger partial charge in [-0.1, -0.05) is 78.3 Å². The van der Waals surface area contributed by atoms with Crippen molar-refractivity contribution in [2.75, 3.05) is 7.11 Å². The van der Waals surface area contributed by atoms with E-state index in [1.165, 1.54) is 0 Å². The Morgan fingerprint density at radius 3 is 2.32 bits per heavy atom. The molecule has 0 aliphatic rings.